The molecule has 3 aliphatic rings. The van der Waals surface area contributed by atoms with Crippen molar-refractivity contribution in [3.05, 3.63) is 24.0 Å². The molecule has 2 aromatic rings. The number of aryl methyl sites for hydroxylation is 1. The Kier molecular flexibility index (Phi) is 6.07. The van der Waals surface area contributed by atoms with E-state index in [9.17, 15) is 8.42 Å². The lowest BCUT2D eigenvalue weighted by Gasteiger charge is -2.41. The van der Waals surface area contributed by atoms with Crippen molar-refractivity contribution in [3.8, 4) is 0 Å². The molecule has 31 heavy (non-hydrogen) atoms. The van der Waals surface area contributed by atoms with Gasteiger partial charge < -0.3 is 9.30 Å². The van der Waals surface area contributed by atoms with Gasteiger partial charge in [-0.3, -0.25) is 4.90 Å². The van der Waals surface area contributed by atoms with E-state index in [1.54, 1.807) is 12.1 Å². The van der Waals surface area contributed by atoms with Gasteiger partial charge in [-0.2, -0.15) is 4.31 Å². The zero-order valence-corrected chi connectivity index (χ0v) is 19.3. The van der Waals surface area contributed by atoms with Gasteiger partial charge in [-0.1, -0.05) is 19.3 Å². The molecule has 0 radical (unpaired) electrons. The summed E-state index contributed by atoms with van der Waals surface area (Å²) in [5.74, 6) is 2.81. The van der Waals surface area contributed by atoms with Gasteiger partial charge >= 0.3 is 0 Å². The summed E-state index contributed by atoms with van der Waals surface area (Å²) < 4.78 is 35.2. The Morgan fingerprint density at radius 1 is 1.06 bits per heavy atom. The van der Waals surface area contributed by atoms with Crippen LogP contribution in [0, 0.1) is 11.8 Å². The molecule has 1 aliphatic carbocycles. The summed E-state index contributed by atoms with van der Waals surface area (Å²) in [7, 11) is -3.51. The average molecular weight is 447 g/mol. The van der Waals surface area contributed by atoms with Gasteiger partial charge in [0, 0.05) is 26.2 Å². The number of piperidine rings is 1. The quantitative estimate of drug-likeness (QED) is 0.706. The third-order valence-electron chi connectivity index (χ3n) is 7.46. The number of ether oxygens (including phenoxy) is 1. The molecule has 0 spiro atoms. The lowest BCUT2D eigenvalue weighted by molar-refractivity contribution is 0.0730. The fraction of sp³-hybridized carbons (Fsp3) is 0.696. The molecule has 1 saturated carbocycles. The van der Waals surface area contributed by atoms with E-state index in [4.69, 9.17) is 9.72 Å². The number of hydrogen-bond donors (Lipinski definition) is 0. The Balaban J connectivity index is 1.39. The number of fused-ring (bicyclic) bond motifs is 2. The third kappa shape index (κ3) is 4.15. The predicted molar refractivity (Wildman–Crippen MR) is 120 cm³/mol. The van der Waals surface area contributed by atoms with Gasteiger partial charge in [0.25, 0.3) is 0 Å². The number of sulfonamides is 1. The fourth-order valence-corrected chi connectivity index (χ4v) is 7.18. The monoisotopic (exact) mass is 446 g/mol. The number of imidazole rings is 1. The molecule has 2 atom stereocenters. The van der Waals surface area contributed by atoms with Crippen LogP contribution in [0.2, 0.25) is 0 Å². The Morgan fingerprint density at radius 3 is 2.61 bits per heavy atom. The highest BCUT2D eigenvalue weighted by Crippen LogP contribution is 2.36. The van der Waals surface area contributed by atoms with Gasteiger partial charge in [0.2, 0.25) is 10.0 Å². The highest BCUT2D eigenvalue weighted by molar-refractivity contribution is 7.89. The summed E-state index contributed by atoms with van der Waals surface area (Å²) in [6.45, 7) is 7.85. The number of likely N-dealkylation sites (tertiary alicyclic amines) is 1. The number of aromatic nitrogens is 2. The molecule has 2 aliphatic heterocycles. The lowest BCUT2D eigenvalue weighted by atomic mass is 9.75. The molecule has 5 rings (SSSR count). The van der Waals surface area contributed by atoms with Crippen molar-refractivity contribution in [2.45, 2.75) is 57.0 Å². The van der Waals surface area contributed by atoms with E-state index >= 15 is 0 Å². The van der Waals surface area contributed by atoms with Crippen LogP contribution >= 0.6 is 0 Å². The van der Waals surface area contributed by atoms with Crippen molar-refractivity contribution in [2.24, 2.45) is 11.8 Å². The molecule has 1 aromatic carbocycles. The standard InChI is InChI=1S/C23H34N4O3S/c1-2-27-22-8-7-20(31(28,29)26-11-13-30-14-12-26)15-21(22)24-23(27)17-25-10-9-18-5-3-4-6-19(18)16-25/h7-8,15,18-19H,2-6,9-14,16-17H2,1H3. The highest BCUT2D eigenvalue weighted by Gasteiger charge is 2.32. The van der Waals surface area contributed by atoms with Crippen molar-refractivity contribution < 1.29 is 13.2 Å². The van der Waals surface area contributed by atoms with Crippen LogP contribution in [0.5, 0.6) is 0 Å². The SMILES string of the molecule is CCn1c(CN2CCC3CCCCC3C2)nc2cc(S(=O)(=O)N3CCOCC3)ccc21. The van der Waals surface area contributed by atoms with Gasteiger partial charge in [0.15, 0.2) is 0 Å². The van der Waals surface area contributed by atoms with Gasteiger partial charge in [0.1, 0.15) is 5.82 Å². The molecule has 2 unspecified atom stereocenters. The molecule has 3 fully saturated rings. The molecule has 7 nitrogen and oxygen atoms in total. The number of nitrogens with zero attached hydrogens (tertiary/aromatic N) is 4. The second-order valence-corrected chi connectivity index (χ2v) is 11.2. The van der Waals surface area contributed by atoms with Crippen LogP contribution in [0.1, 0.15) is 44.9 Å². The van der Waals surface area contributed by atoms with Crippen LogP contribution in [-0.2, 0) is 27.8 Å². The first kappa shape index (κ1) is 21.4. The maximum Gasteiger partial charge on any atom is 0.243 e. The summed E-state index contributed by atoms with van der Waals surface area (Å²) >= 11 is 0. The summed E-state index contributed by atoms with van der Waals surface area (Å²) in [5.41, 5.74) is 1.80. The second-order valence-electron chi connectivity index (χ2n) is 9.27. The molecular weight excluding hydrogens is 412 g/mol. The lowest BCUT2D eigenvalue weighted by Crippen LogP contribution is -2.41. The summed E-state index contributed by atoms with van der Waals surface area (Å²) in [4.78, 5) is 7.81. The zero-order valence-electron chi connectivity index (χ0n) is 18.5. The van der Waals surface area contributed by atoms with E-state index in [1.165, 1.54) is 43.0 Å². The third-order valence-corrected chi connectivity index (χ3v) is 9.36. The van der Waals surface area contributed by atoms with Crippen molar-refractivity contribution in [3.63, 3.8) is 0 Å². The number of hydrogen-bond acceptors (Lipinski definition) is 5. The molecule has 2 saturated heterocycles. The van der Waals surface area contributed by atoms with Crippen LogP contribution in [0.4, 0.5) is 0 Å². The van der Waals surface area contributed by atoms with E-state index < -0.39 is 10.0 Å². The van der Waals surface area contributed by atoms with Crippen LogP contribution < -0.4 is 0 Å². The molecule has 170 valence electrons. The Hall–Kier alpha value is -1.48. The molecule has 0 N–H and O–H groups in total. The first-order valence-corrected chi connectivity index (χ1v) is 13.3. The van der Waals surface area contributed by atoms with Crippen molar-refractivity contribution in [1.82, 2.24) is 18.8 Å². The Bertz CT molecular complexity index is 1030. The van der Waals surface area contributed by atoms with Crippen molar-refractivity contribution in [2.75, 3.05) is 39.4 Å². The minimum atomic E-state index is -3.51. The smallest absolute Gasteiger partial charge is 0.243 e. The van der Waals surface area contributed by atoms with Gasteiger partial charge in [-0.05, 0) is 56.3 Å². The maximum absolute atomic E-state index is 13.1. The molecule has 0 bridgehead atoms. The Morgan fingerprint density at radius 2 is 1.84 bits per heavy atom. The van der Waals surface area contributed by atoms with Crippen LogP contribution in [-0.4, -0.2) is 66.6 Å². The highest BCUT2D eigenvalue weighted by atomic mass is 32.2. The summed E-state index contributed by atoms with van der Waals surface area (Å²) in [6.07, 6.45) is 6.87. The summed E-state index contributed by atoms with van der Waals surface area (Å²) in [6, 6.07) is 5.41. The van der Waals surface area contributed by atoms with E-state index in [0.717, 1.165) is 48.3 Å². The molecular formula is C23H34N4O3S. The number of morpholine rings is 1. The Labute approximate surface area is 185 Å². The zero-order chi connectivity index (χ0) is 21.4. The van der Waals surface area contributed by atoms with Crippen LogP contribution in [0.15, 0.2) is 23.1 Å². The van der Waals surface area contributed by atoms with E-state index in [1.807, 2.05) is 6.07 Å². The first-order chi connectivity index (χ1) is 15.1. The minimum absolute atomic E-state index is 0.331. The van der Waals surface area contributed by atoms with Crippen molar-refractivity contribution >= 4 is 21.1 Å². The summed E-state index contributed by atoms with van der Waals surface area (Å²) in [5, 5.41) is 0. The molecule has 0 amide bonds. The largest absolute Gasteiger partial charge is 0.379 e. The van der Waals surface area contributed by atoms with E-state index in [-0.39, 0.29) is 0 Å². The van der Waals surface area contributed by atoms with E-state index in [0.29, 0.717) is 31.2 Å². The second kappa shape index (κ2) is 8.81. The van der Waals surface area contributed by atoms with Crippen LogP contribution in [0.3, 0.4) is 0 Å². The predicted octanol–water partition coefficient (Wildman–Crippen LogP) is 3.09. The van der Waals surface area contributed by atoms with Crippen molar-refractivity contribution in [1.29, 1.82) is 0 Å². The van der Waals surface area contributed by atoms with Gasteiger partial charge in [-0.25, -0.2) is 13.4 Å². The minimum Gasteiger partial charge on any atom is -0.379 e. The van der Waals surface area contributed by atoms with Gasteiger partial charge in [-0.15, -0.1) is 0 Å². The molecule has 3 heterocycles. The molecule has 1 aromatic heterocycles. The fourth-order valence-electron chi connectivity index (χ4n) is 5.75. The topological polar surface area (TPSA) is 67.7 Å². The molecule has 8 heteroatoms. The first-order valence-electron chi connectivity index (χ1n) is 11.9. The maximum atomic E-state index is 13.1. The van der Waals surface area contributed by atoms with Gasteiger partial charge in [0.05, 0.1) is 35.7 Å². The normalized spacial score (nSPS) is 26.2. The van der Waals surface area contributed by atoms with Crippen LogP contribution in [0.25, 0.3) is 11.0 Å². The number of rotatable bonds is 5. The average Bonchev–Trinajstić information content (AvgIpc) is 3.15. The number of benzene rings is 1. The van der Waals surface area contributed by atoms with E-state index in [2.05, 4.69) is 16.4 Å².